The van der Waals surface area contributed by atoms with Gasteiger partial charge in [0.1, 0.15) is 0 Å². The summed E-state index contributed by atoms with van der Waals surface area (Å²) in [6.07, 6.45) is 5.04. The van der Waals surface area contributed by atoms with E-state index in [9.17, 15) is 9.59 Å². The molecule has 0 aliphatic carbocycles. The monoisotopic (exact) mass is 470 g/mol. The molecule has 6 heteroatoms. The van der Waals surface area contributed by atoms with Crippen LogP contribution >= 0.6 is 23.4 Å². The zero-order chi connectivity index (χ0) is 22.3. The highest BCUT2D eigenvalue weighted by Gasteiger charge is 2.31. The average Bonchev–Trinajstić information content (AvgIpc) is 2.86. The Morgan fingerprint density at radius 2 is 1.47 bits per heavy atom. The van der Waals surface area contributed by atoms with E-state index in [-0.39, 0.29) is 17.1 Å². The second-order valence-electron chi connectivity index (χ2n) is 8.69. The Bertz CT molecular complexity index is 892. The fourth-order valence-corrected chi connectivity index (χ4v) is 5.96. The number of halogens is 1. The van der Waals surface area contributed by atoms with Gasteiger partial charge >= 0.3 is 0 Å². The molecule has 2 aromatic rings. The topological polar surface area (TPSA) is 40.6 Å². The maximum atomic E-state index is 13.0. The van der Waals surface area contributed by atoms with E-state index in [0.717, 1.165) is 44.3 Å². The van der Waals surface area contributed by atoms with Gasteiger partial charge in [-0.2, -0.15) is 0 Å². The van der Waals surface area contributed by atoms with Crippen molar-refractivity contribution in [2.75, 3.05) is 31.9 Å². The lowest BCUT2D eigenvalue weighted by molar-refractivity contribution is -0.140. The second kappa shape index (κ2) is 11.2. The molecular formula is C26H31ClN2O2S. The smallest absolute Gasteiger partial charge is 0.232 e. The van der Waals surface area contributed by atoms with Gasteiger partial charge in [-0.15, -0.1) is 11.8 Å². The number of amides is 2. The number of hydrogen-bond acceptors (Lipinski definition) is 3. The molecule has 0 radical (unpaired) electrons. The number of thioether (sulfide) groups is 1. The summed E-state index contributed by atoms with van der Waals surface area (Å²) in [5.41, 5.74) is 2.32. The molecule has 0 spiro atoms. The molecule has 1 atom stereocenters. The fourth-order valence-electron chi connectivity index (χ4n) is 4.64. The molecule has 2 aliphatic rings. The average molecular weight is 471 g/mol. The van der Waals surface area contributed by atoms with Gasteiger partial charge in [0.25, 0.3) is 0 Å². The number of carbonyl (C=O) groups excluding carboxylic acids is 2. The van der Waals surface area contributed by atoms with E-state index >= 15 is 0 Å². The van der Waals surface area contributed by atoms with Crippen molar-refractivity contribution in [2.24, 2.45) is 5.92 Å². The van der Waals surface area contributed by atoms with Gasteiger partial charge in [0.2, 0.25) is 11.8 Å². The first-order valence-corrected chi connectivity index (χ1v) is 13.0. The quantitative estimate of drug-likeness (QED) is 0.566. The second-order valence-corrected chi connectivity index (χ2v) is 10.2. The minimum absolute atomic E-state index is 0.0793. The Kier molecular flexibility index (Phi) is 8.15. The van der Waals surface area contributed by atoms with Crippen LogP contribution in [0.25, 0.3) is 0 Å². The van der Waals surface area contributed by atoms with Crippen molar-refractivity contribution in [3.8, 4) is 0 Å². The summed E-state index contributed by atoms with van der Waals surface area (Å²) in [4.78, 5) is 29.8. The van der Waals surface area contributed by atoms with Crippen molar-refractivity contribution in [1.29, 1.82) is 0 Å². The van der Waals surface area contributed by atoms with Crippen LogP contribution in [0.1, 0.15) is 48.5 Å². The number of hydrogen-bond donors (Lipinski definition) is 0. The first kappa shape index (κ1) is 23.2. The van der Waals surface area contributed by atoms with Crippen LogP contribution in [0.5, 0.6) is 0 Å². The third-order valence-corrected chi connectivity index (χ3v) is 8.06. The Labute approximate surface area is 200 Å². The van der Waals surface area contributed by atoms with Crippen molar-refractivity contribution in [1.82, 2.24) is 9.80 Å². The predicted molar refractivity (Wildman–Crippen MR) is 132 cm³/mol. The van der Waals surface area contributed by atoms with E-state index < -0.39 is 0 Å². The van der Waals surface area contributed by atoms with Crippen LogP contribution in [-0.2, 0) is 9.59 Å². The third kappa shape index (κ3) is 5.87. The van der Waals surface area contributed by atoms with Gasteiger partial charge in [0, 0.05) is 37.1 Å². The van der Waals surface area contributed by atoms with Gasteiger partial charge in [0.15, 0.2) is 0 Å². The van der Waals surface area contributed by atoms with Gasteiger partial charge in [-0.3, -0.25) is 9.59 Å². The number of carbonyl (C=O) groups is 2. The van der Waals surface area contributed by atoms with Crippen molar-refractivity contribution >= 4 is 35.2 Å². The molecule has 2 aromatic carbocycles. The van der Waals surface area contributed by atoms with Gasteiger partial charge in [0.05, 0.1) is 11.0 Å². The lowest BCUT2D eigenvalue weighted by Gasteiger charge is -2.35. The van der Waals surface area contributed by atoms with Crippen molar-refractivity contribution in [3.63, 3.8) is 0 Å². The fraction of sp³-hybridized carbons (Fsp3) is 0.462. The summed E-state index contributed by atoms with van der Waals surface area (Å²) in [5, 5.41) is 0.791. The van der Waals surface area contributed by atoms with Crippen LogP contribution in [-0.4, -0.2) is 53.5 Å². The molecule has 0 saturated carbocycles. The van der Waals surface area contributed by atoms with Gasteiger partial charge in [-0.1, -0.05) is 54.1 Å². The maximum absolute atomic E-state index is 13.0. The molecule has 4 rings (SSSR count). The number of rotatable bonds is 6. The highest BCUT2D eigenvalue weighted by Crippen LogP contribution is 2.36. The molecule has 0 N–H and O–H groups in total. The summed E-state index contributed by atoms with van der Waals surface area (Å²) in [7, 11) is 0. The Hall–Kier alpha value is -1.98. The molecule has 0 aromatic heterocycles. The van der Waals surface area contributed by atoms with Crippen LogP contribution in [0.4, 0.5) is 0 Å². The van der Waals surface area contributed by atoms with Gasteiger partial charge in [-0.25, -0.2) is 0 Å². The van der Waals surface area contributed by atoms with Crippen LogP contribution in [0.2, 0.25) is 5.02 Å². The van der Waals surface area contributed by atoms with Crippen LogP contribution in [0.15, 0.2) is 54.6 Å². The zero-order valence-corrected chi connectivity index (χ0v) is 20.0. The van der Waals surface area contributed by atoms with E-state index in [1.165, 1.54) is 12.0 Å². The van der Waals surface area contributed by atoms with Crippen LogP contribution in [0, 0.1) is 5.92 Å². The molecule has 0 bridgehead atoms. The number of piperidine rings is 2. The van der Waals surface area contributed by atoms with Gasteiger partial charge < -0.3 is 9.80 Å². The summed E-state index contributed by atoms with van der Waals surface area (Å²) in [5.74, 6) is 0.968. The lowest BCUT2D eigenvalue weighted by atomic mass is 9.94. The molecule has 170 valence electrons. The zero-order valence-electron chi connectivity index (χ0n) is 18.4. The van der Waals surface area contributed by atoms with Crippen LogP contribution < -0.4 is 0 Å². The minimum atomic E-state index is 0.0793. The summed E-state index contributed by atoms with van der Waals surface area (Å²) >= 11 is 7.74. The summed E-state index contributed by atoms with van der Waals surface area (Å²) in [6, 6.07) is 18.2. The predicted octanol–water partition coefficient (Wildman–Crippen LogP) is 5.41. The molecular weight excluding hydrogens is 440 g/mol. The molecule has 2 saturated heterocycles. The Balaban J connectivity index is 1.32. The molecule has 4 nitrogen and oxygen atoms in total. The highest BCUT2D eigenvalue weighted by molar-refractivity contribution is 8.00. The molecule has 1 unspecified atom stereocenters. The van der Waals surface area contributed by atoms with E-state index in [1.54, 1.807) is 11.8 Å². The largest absolute Gasteiger partial charge is 0.342 e. The molecule has 32 heavy (non-hydrogen) atoms. The van der Waals surface area contributed by atoms with E-state index in [1.807, 2.05) is 52.3 Å². The Morgan fingerprint density at radius 1 is 0.844 bits per heavy atom. The Morgan fingerprint density at radius 3 is 2.12 bits per heavy atom. The lowest BCUT2D eigenvalue weighted by Crippen LogP contribution is -2.46. The van der Waals surface area contributed by atoms with Crippen LogP contribution in [0.3, 0.4) is 0 Å². The summed E-state index contributed by atoms with van der Waals surface area (Å²) < 4.78 is 0. The number of likely N-dealkylation sites (tertiary alicyclic amines) is 2. The first-order chi connectivity index (χ1) is 15.6. The molecule has 2 aliphatic heterocycles. The van der Waals surface area contributed by atoms with Crippen molar-refractivity contribution in [3.05, 3.63) is 70.7 Å². The van der Waals surface area contributed by atoms with E-state index in [2.05, 4.69) is 12.1 Å². The molecule has 2 heterocycles. The summed E-state index contributed by atoms with van der Waals surface area (Å²) in [6.45, 7) is 3.17. The van der Waals surface area contributed by atoms with E-state index in [0.29, 0.717) is 29.8 Å². The first-order valence-electron chi connectivity index (χ1n) is 11.6. The minimum Gasteiger partial charge on any atom is -0.342 e. The number of nitrogens with zero attached hydrogens (tertiary/aromatic N) is 2. The number of benzene rings is 2. The highest BCUT2D eigenvalue weighted by atomic mass is 35.5. The van der Waals surface area contributed by atoms with Crippen molar-refractivity contribution < 1.29 is 9.59 Å². The third-order valence-electron chi connectivity index (χ3n) is 6.51. The van der Waals surface area contributed by atoms with Gasteiger partial charge in [-0.05, 0) is 55.4 Å². The normalized spacial score (nSPS) is 18.4. The van der Waals surface area contributed by atoms with Crippen molar-refractivity contribution in [2.45, 2.75) is 37.4 Å². The SMILES string of the molecule is O=C(CSC(c1ccccc1)c1ccc(Cl)cc1)N1CCC(C(=O)N2CCCCC2)CC1. The standard InChI is InChI=1S/C26H31ClN2O2S/c27-23-11-9-21(10-12-23)25(20-7-3-1-4-8-20)32-19-24(30)28-17-13-22(14-18-28)26(31)29-15-5-2-6-16-29/h1,3-4,7-12,22,25H,2,5-6,13-19H2. The molecule has 2 amide bonds. The maximum Gasteiger partial charge on any atom is 0.232 e. The molecule has 2 fully saturated rings. The van der Waals surface area contributed by atoms with E-state index in [4.69, 9.17) is 11.6 Å².